The van der Waals surface area contributed by atoms with Crippen LogP contribution in [0.4, 0.5) is 0 Å². The first-order valence-electron chi connectivity index (χ1n) is 6.74. The summed E-state index contributed by atoms with van der Waals surface area (Å²) in [5, 5.41) is 0. The van der Waals surface area contributed by atoms with Gasteiger partial charge in [0.25, 0.3) is 0 Å². The highest BCUT2D eigenvalue weighted by atomic mass is 16.5. The first kappa shape index (κ1) is 12.8. The molecule has 1 aliphatic carbocycles. The van der Waals surface area contributed by atoms with E-state index in [0.29, 0.717) is 17.9 Å². The van der Waals surface area contributed by atoms with Crippen molar-refractivity contribution in [3.05, 3.63) is 0 Å². The summed E-state index contributed by atoms with van der Waals surface area (Å²) in [6.07, 6.45) is 3.46. The summed E-state index contributed by atoms with van der Waals surface area (Å²) in [5.41, 5.74) is 0. The molecule has 0 aromatic heterocycles. The molecule has 1 unspecified atom stereocenters. The molecule has 1 aliphatic heterocycles. The first-order chi connectivity index (χ1) is 8.22. The number of hydrogen-bond donors (Lipinski definition) is 0. The molecular formula is C13H24N2O2. The Morgan fingerprint density at radius 2 is 1.94 bits per heavy atom. The van der Waals surface area contributed by atoms with Crippen molar-refractivity contribution < 1.29 is 9.53 Å². The molecule has 1 atom stereocenters. The summed E-state index contributed by atoms with van der Waals surface area (Å²) < 4.78 is 5.17. The van der Waals surface area contributed by atoms with Crippen LogP contribution >= 0.6 is 0 Å². The molecule has 2 aliphatic rings. The standard InChI is InChI=1S/C13H24N2O2/c1-11(10-17-2)14-6-8-15(9-7-14)13(16)12-4-3-5-12/h11-12H,3-10H2,1-2H3. The Hall–Kier alpha value is -0.610. The summed E-state index contributed by atoms with van der Waals surface area (Å²) in [6, 6.07) is 0.459. The maximum atomic E-state index is 12.1. The first-order valence-corrected chi connectivity index (χ1v) is 6.74. The molecule has 2 rings (SSSR count). The number of carbonyl (C=O) groups is 1. The van der Waals surface area contributed by atoms with Crippen LogP contribution in [-0.4, -0.2) is 61.6 Å². The quantitative estimate of drug-likeness (QED) is 0.734. The van der Waals surface area contributed by atoms with Gasteiger partial charge in [-0.3, -0.25) is 9.69 Å². The third-order valence-electron chi connectivity index (χ3n) is 4.11. The Balaban J connectivity index is 1.75. The Morgan fingerprint density at radius 1 is 1.29 bits per heavy atom. The van der Waals surface area contributed by atoms with E-state index >= 15 is 0 Å². The van der Waals surface area contributed by atoms with E-state index in [1.807, 2.05) is 0 Å². The summed E-state index contributed by atoms with van der Waals surface area (Å²) >= 11 is 0. The van der Waals surface area contributed by atoms with Crippen molar-refractivity contribution in [1.29, 1.82) is 0 Å². The normalized spacial score (nSPS) is 24.5. The van der Waals surface area contributed by atoms with Crippen molar-refractivity contribution in [2.45, 2.75) is 32.2 Å². The Labute approximate surface area is 104 Å². The van der Waals surface area contributed by atoms with Crippen LogP contribution in [0.25, 0.3) is 0 Å². The second-order valence-corrected chi connectivity index (χ2v) is 5.29. The average molecular weight is 240 g/mol. The second-order valence-electron chi connectivity index (χ2n) is 5.29. The monoisotopic (exact) mass is 240 g/mol. The molecule has 0 aromatic rings. The maximum Gasteiger partial charge on any atom is 0.225 e. The van der Waals surface area contributed by atoms with Crippen LogP contribution in [-0.2, 0) is 9.53 Å². The molecule has 1 saturated carbocycles. The number of hydrogen-bond acceptors (Lipinski definition) is 3. The summed E-state index contributed by atoms with van der Waals surface area (Å²) in [5.74, 6) is 0.744. The van der Waals surface area contributed by atoms with Crippen LogP contribution in [0.15, 0.2) is 0 Å². The van der Waals surface area contributed by atoms with Crippen LogP contribution in [0.3, 0.4) is 0 Å². The van der Waals surface area contributed by atoms with E-state index in [1.165, 1.54) is 6.42 Å². The highest BCUT2D eigenvalue weighted by molar-refractivity contribution is 5.79. The molecule has 0 radical (unpaired) electrons. The largest absolute Gasteiger partial charge is 0.383 e. The number of ether oxygens (including phenoxy) is 1. The summed E-state index contributed by atoms with van der Waals surface area (Å²) in [7, 11) is 1.74. The summed E-state index contributed by atoms with van der Waals surface area (Å²) in [6.45, 7) is 6.72. The minimum atomic E-state index is 0.345. The Morgan fingerprint density at radius 3 is 2.41 bits per heavy atom. The fourth-order valence-electron chi connectivity index (χ4n) is 2.64. The molecule has 98 valence electrons. The van der Waals surface area contributed by atoms with Gasteiger partial charge in [-0.1, -0.05) is 6.42 Å². The van der Waals surface area contributed by atoms with Gasteiger partial charge >= 0.3 is 0 Å². The lowest BCUT2D eigenvalue weighted by Crippen LogP contribution is -2.53. The SMILES string of the molecule is COCC(C)N1CCN(C(=O)C2CCC2)CC1. The highest BCUT2D eigenvalue weighted by Gasteiger charge is 2.31. The van der Waals surface area contributed by atoms with Crippen molar-refractivity contribution in [2.75, 3.05) is 39.9 Å². The molecule has 0 aromatic carbocycles. The predicted molar refractivity (Wildman–Crippen MR) is 66.8 cm³/mol. The number of rotatable bonds is 4. The number of piperazine rings is 1. The van der Waals surface area contributed by atoms with E-state index in [4.69, 9.17) is 4.74 Å². The molecular weight excluding hydrogens is 216 g/mol. The third-order valence-corrected chi connectivity index (χ3v) is 4.11. The third kappa shape index (κ3) is 2.99. The zero-order chi connectivity index (χ0) is 12.3. The minimum absolute atomic E-state index is 0.345. The van der Waals surface area contributed by atoms with Crippen LogP contribution in [0.5, 0.6) is 0 Å². The highest BCUT2D eigenvalue weighted by Crippen LogP contribution is 2.28. The average Bonchev–Trinajstić information content (AvgIpc) is 2.27. The van der Waals surface area contributed by atoms with Gasteiger partial charge in [0.1, 0.15) is 0 Å². The fraction of sp³-hybridized carbons (Fsp3) is 0.923. The lowest BCUT2D eigenvalue weighted by molar-refractivity contribution is -0.140. The molecule has 0 spiro atoms. The van der Waals surface area contributed by atoms with E-state index in [0.717, 1.165) is 45.6 Å². The van der Waals surface area contributed by atoms with Gasteiger partial charge in [0, 0.05) is 45.2 Å². The van der Waals surface area contributed by atoms with E-state index in [-0.39, 0.29) is 0 Å². The summed E-state index contributed by atoms with van der Waals surface area (Å²) in [4.78, 5) is 16.5. The van der Waals surface area contributed by atoms with Crippen molar-refractivity contribution in [2.24, 2.45) is 5.92 Å². The van der Waals surface area contributed by atoms with Crippen LogP contribution in [0.1, 0.15) is 26.2 Å². The van der Waals surface area contributed by atoms with Gasteiger partial charge in [-0.2, -0.15) is 0 Å². The van der Waals surface area contributed by atoms with Crippen molar-refractivity contribution >= 4 is 5.91 Å². The molecule has 4 nitrogen and oxygen atoms in total. The van der Waals surface area contributed by atoms with Crippen LogP contribution in [0.2, 0.25) is 0 Å². The van der Waals surface area contributed by atoms with E-state index in [1.54, 1.807) is 7.11 Å². The second kappa shape index (κ2) is 5.83. The molecule has 0 bridgehead atoms. The lowest BCUT2D eigenvalue weighted by Gasteiger charge is -2.40. The van der Waals surface area contributed by atoms with Gasteiger partial charge in [-0.05, 0) is 19.8 Å². The van der Waals surface area contributed by atoms with Gasteiger partial charge in [0.05, 0.1) is 6.61 Å². The predicted octanol–water partition coefficient (Wildman–Crippen LogP) is 0.966. The van der Waals surface area contributed by atoms with Gasteiger partial charge < -0.3 is 9.64 Å². The molecule has 2 fully saturated rings. The number of amides is 1. The van der Waals surface area contributed by atoms with Crippen molar-refractivity contribution in [3.63, 3.8) is 0 Å². The van der Waals surface area contributed by atoms with Crippen LogP contribution < -0.4 is 0 Å². The molecule has 17 heavy (non-hydrogen) atoms. The molecule has 0 N–H and O–H groups in total. The minimum Gasteiger partial charge on any atom is -0.383 e. The fourth-order valence-corrected chi connectivity index (χ4v) is 2.64. The molecule has 1 amide bonds. The number of methoxy groups -OCH3 is 1. The topological polar surface area (TPSA) is 32.8 Å². The number of nitrogens with zero attached hydrogens (tertiary/aromatic N) is 2. The molecule has 4 heteroatoms. The zero-order valence-corrected chi connectivity index (χ0v) is 11.0. The van der Waals surface area contributed by atoms with E-state index in [9.17, 15) is 4.79 Å². The van der Waals surface area contributed by atoms with Crippen LogP contribution in [0, 0.1) is 5.92 Å². The van der Waals surface area contributed by atoms with E-state index < -0.39 is 0 Å². The van der Waals surface area contributed by atoms with Crippen molar-refractivity contribution in [3.8, 4) is 0 Å². The Bertz CT molecular complexity index is 258. The Kier molecular flexibility index (Phi) is 4.40. The number of carbonyl (C=O) groups excluding carboxylic acids is 1. The van der Waals surface area contributed by atoms with Gasteiger partial charge in [-0.15, -0.1) is 0 Å². The van der Waals surface area contributed by atoms with Gasteiger partial charge in [-0.25, -0.2) is 0 Å². The molecule has 1 saturated heterocycles. The lowest BCUT2D eigenvalue weighted by atomic mass is 9.84. The maximum absolute atomic E-state index is 12.1. The van der Waals surface area contributed by atoms with Crippen molar-refractivity contribution in [1.82, 2.24) is 9.80 Å². The van der Waals surface area contributed by atoms with Gasteiger partial charge in [0.2, 0.25) is 5.91 Å². The molecule has 1 heterocycles. The van der Waals surface area contributed by atoms with E-state index in [2.05, 4.69) is 16.7 Å². The smallest absolute Gasteiger partial charge is 0.225 e. The van der Waals surface area contributed by atoms with Gasteiger partial charge in [0.15, 0.2) is 0 Å². The zero-order valence-electron chi connectivity index (χ0n) is 11.0.